The first kappa shape index (κ1) is 18.8. The Morgan fingerprint density at radius 3 is 2.26 bits per heavy atom. The van der Waals surface area contributed by atoms with E-state index in [1.165, 1.54) is 0 Å². The smallest absolute Gasteiger partial charge is 0.251 e. The van der Waals surface area contributed by atoms with E-state index in [0.717, 1.165) is 24.8 Å². The molecule has 0 aliphatic carbocycles. The van der Waals surface area contributed by atoms with Gasteiger partial charge in [0.2, 0.25) is 6.79 Å². The summed E-state index contributed by atoms with van der Waals surface area (Å²) in [5.74, 6) is 1.10. The van der Waals surface area contributed by atoms with Gasteiger partial charge < -0.3 is 20.1 Å². The van der Waals surface area contributed by atoms with Crippen LogP contribution in [0.5, 0.6) is 11.5 Å². The highest BCUT2D eigenvalue weighted by molar-refractivity contribution is 5.97. The summed E-state index contributed by atoms with van der Waals surface area (Å²) in [7, 11) is 0. The lowest BCUT2D eigenvalue weighted by atomic mass is 10.1. The van der Waals surface area contributed by atoms with Gasteiger partial charge in [0.15, 0.2) is 11.5 Å². The van der Waals surface area contributed by atoms with Crippen LogP contribution in [0.15, 0.2) is 42.5 Å². The number of unbranched alkanes of at least 4 members (excludes halogenated alkanes) is 2. The lowest BCUT2D eigenvalue weighted by Gasteiger charge is -2.08. The van der Waals surface area contributed by atoms with Gasteiger partial charge in [0.25, 0.3) is 11.8 Å². The number of ether oxygens (including phenoxy) is 2. The third-order valence-electron chi connectivity index (χ3n) is 4.37. The Morgan fingerprint density at radius 2 is 1.56 bits per heavy atom. The van der Waals surface area contributed by atoms with Gasteiger partial charge in [0, 0.05) is 24.2 Å². The van der Waals surface area contributed by atoms with E-state index in [1.807, 2.05) is 18.2 Å². The summed E-state index contributed by atoms with van der Waals surface area (Å²) in [5, 5.41) is 5.76. The zero-order valence-corrected chi connectivity index (χ0v) is 15.4. The van der Waals surface area contributed by atoms with Crippen molar-refractivity contribution in [2.45, 2.75) is 32.7 Å². The Hall–Kier alpha value is -3.02. The van der Waals surface area contributed by atoms with Crippen molar-refractivity contribution in [1.82, 2.24) is 10.6 Å². The molecule has 1 aliphatic heterocycles. The summed E-state index contributed by atoms with van der Waals surface area (Å²) in [6.07, 6.45) is 3.19. The van der Waals surface area contributed by atoms with E-state index in [1.54, 1.807) is 24.3 Å². The van der Waals surface area contributed by atoms with Crippen LogP contribution in [0.1, 0.15) is 52.5 Å². The summed E-state index contributed by atoms with van der Waals surface area (Å²) in [6, 6.07) is 12.2. The number of benzene rings is 2. The first-order valence-electron chi connectivity index (χ1n) is 9.22. The van der Waals surface area contributed by atoms with Crippen LogP contribution in [0.25, 0.3) is 0 Å². The van der Waals surface area contributed by atoms with Crippen molar-refractivity contribution in [3.8, 4) is 11.5 Å². The van der Waals surface area contributed by atoms with Crippen molar-refractivity contribution in [1.29, 1.82) is 0 Å². The molecular formula is C21H24N2O4. The summed E-state index contributed by atoms with van der Waals surface area (Å²) in [4.78, 5) is 24.4. The van der Waals surface area contributed by atoms with Crippen molar-refractivity contribution in [2.24, 2.45) is 0 Å². The van der Waals surface area contributed by atoms with E-state index in [2.05, 4.69) is 17.6 Å². The number of hydrogen-bond donors (Lipinski definition) is 2. The molecule has 142 valence electrons. The second-order valence-electron chi connectivity index (χ2n) is 6.41. The lowest BCUT2D eigenvalue weighted by Crippen LogP contribution is -2.25. The minimum Gasteiger partial charge on any atom is -0.454 e. The molecular weight excluding hydrogens is 344 g/mol. The normalized spacial score (nSPS) is 11.9. The lowest BCUT2D eigenvalue weighted by molar-refractivity contribution is 0.0940. The SMILES string of the molecule is CCCCCNC(=O)c1ccc(C(=O)NCc2ccc3c(c2)OCO3)cc1. The van der Waals surface area contributed by atoms with Gasteiger partial charge in [-0.3, -0.25) is 9.59 Å². The maximum Gasteiger partial charge on any atom is 0.251 e. The topological polar surface area (TPSA) is 76.7 Å². The summed E-state index contributed by atoms with van der Waals surface area (Å²) < 4.78 is 10.6. The number of rotatable bonds is 8. The van der Waals surface area contributed by atoms with Crippen molar-refractivity contribution < 1.29 is 19.1 Å². The molecule has 3 rings (SSSR count). The minimum atomic E-state index is -0.192. The number of carbonyl (C=O) groups excluding carboxylic acids is 2. The maximum atomic E-state index is 12.3. The van der Waals surface area contributed by atoms with Gasteiger partial charge in [-0.15, -0.1) is 0 Å². The van der Waals surface area contributed by atoms with Gasteiger partial charge in [-0.05, 0) is 48.4 Å². The predicted molar refractivity (Wildman–Crippen MR) is 102 cm³/mol. The molecule has 2 N–H and O–H groups in total. The molecule has 1 aliphatic rings. The van der Waals surface area contributed by atoms with Crippen LogP contribution >= 0.6 is 0 Å². The van der Waals surface area contributed by atoms with E-state index < -0.39 is 0 Å². The molecule has 0 unspecified atom stereocenters. The second-order valence-corrected chi connectivity index (χ2v) is 6.41. The van der Waals surface area contributed by atoms with Crippen LogP contribution < -0.4 is 20.1 Å². The molecule has 1 heterocycles. The van der Waals surface area contributed by atoms with Gasteiger partial charge in [-0.1, -0.05) is 25.8 Å². The third kappa shape index (κ3) is 5.00. The molecule has 0 spiro atoms. The Bertz CT molecular complexity index is 802. The maximum absolute atomic E-state index is 12.3. The van der Waals surface area contributed by atoms with Crippen LogP contribution in [-0.2, 0) is 6.54 Å². The van der Waals surface area contributed by atoms with E-state index in [9.17, 15) is 9.59 Å². The van der Waals surface area contributed by atoms with E-state index >= 15 is 0 Å². The van der Waals surface area contributed by atoms with Crippen molar-refractivity contribution in [3.63, 3.8) is 0 Å². The fourth-order valence-corrected chi connectivity index (χ4v) is 2.79. The molecule has 6 heteroatoms. The minimum absolute atomic E-state index is 0.113. The average Bonchev–Trinajstić information content (AvgIpc) is 3.17. The highest BCUT2D eigenvalue weighted by Crippen LogP contribution is 2.32. The van der Waals surface area contributed by atoms with Gasteiger partial charge in [-0.2, -0.15) is 0 Å². The van der Waals surface area contributed by atoms with Gasteiger partial charge >= 0.3 is 0 Å². The third-order valence-corrected chi connectivity index (χ3v) is 4.37. The number of fused-ring (bicyclic) bond motifs is 1. The molecule has 0 atom stereocenters. The Balaban J connectivity index is 1.50. The molecule has 0 saturated carbocycles. The first-order chi connectivity index (χ1) is 13.2. The van der Waals surface area contributed by atoms with Crippen molar-refractivity contribution in [3.05, 3.63) is 59.2 Å². The molecule has 0 aromatic heterocycles. The van der Waals surface area contributed by atoms with Crippen LogP contribution in [0, 0.1) is 0 Å². The summed E-state index contributed by atoms with van der Waals surface area (Å²) in [6.45, 7) is 3.40. The molecule has 0 saturated heterocycles. The Labute approximate surface area is 158 Å². The standard InChI is InChI=1S/C21H24N2O4/c1-2-3-4-11-22-20(24)16-6-8-17(9-7-16)21(25)23-13-15-5-10-18-19(12-15)27-14-26-18/h5-10,12H,2-4,11,13-14H2,1H3,(H,22,24)(H,23,25). The zero-order valence-electron chi connectivity index (χ0n) is 15.4. The second kappa shape index (κ2) is 9.07. The van der Waals surface area contributed by atoms with Gasteiger partial charge in [0.1, 0.15) is 0 Å². The number of nitrogens with one attached hydrogen (secondary N) is 2. The molecule has 0 radical (unpaired) electrons. The molecule has 6 nitrogen and oxygen atoms in total. The van der Waals surface area contributed by atoms with E-state index in [4.69, 9.17) is 9.47 Å². The van der Waals surface area contributed by atoms with Crippen LogP contribution in [0.2, 0.25) is 0 Å². The molecule has 2 amide bonds. The number of carbonyl (C=O) groups is 2. The van der Waals surface area contributed by atoms with Crippen LogP contribution in [0.3, 0.4) is 0 Å². The van der Waals surface area contributed by atoms with Crippen molar-refractivity contribution in [2.75, 3.05) is 13.3 Å². The van der Waals surface area contributed by atoms with Gasteiger partial charge in [-0.25, -0.2) is 0 Å². The zero-order chi connectivity index (χ0) is 19.1. The fraction of sp³-hybridized carbons (Fsp3) is 0.333. The number of amides is 2. The molecule has 2 aromatic rings. The predicted octanol–water partition coefficient (Wildman–Crippen LogP) is 3.27. The highest BCUT2D eigenvalue weighted by Gasteiger charge is 2.14. The van der Waals surface area contributed by atoms with Crippen LogP contribution in [0.4, 0.5) is 0 Å². The molecule has 0 fully saturated rings. The highest BCUT2D eigenvalue weighted by atomic mass is 16.7. The average molecular weight is 368 g/mol. The Morgan fingerprint density at radius 1 is 0.889 bits per heavy atom. The quantitative estimate of drug-likeness (QED) is 0.701. The first-order valence-corrected chi connectivity index (χ1v) is 9.22. The molecule has 2 aromatic carbocycles. The monoisotopic (exact) mass is 368 g/mol. The van der Waals surface area contributed by atoms with E-state index in [0.29, 0.717) is 35.7 Å². The molecule has 0 bridgehead atoms. The van der Waals surface area contributed by atoms with E-state index in [-0.39, 0.29) is 18.6 Å². The largest absolute Gasteiger partial charge is 0.454 e. The summed E-state index contributed by atoms with van der Waals surface area (Å²) in [5.41, 5.74) is 1.99. The van der Waals surface area contributed by atoms with Crippen molar-refractivity contribution >= 4 is 11.8 Å². The Kier molecular flexibility index (Phi) is 6.30. The van der Waals surface area contributed by atoms with Crippen LogP contribution in [-0.4, -0.2) is 25.2 Å². The fourth-order valence-electron chi connectivity index (χ4n) is 2.79. The molecule has 27 heavy (non-hydrogen) atoms. The summed E-state index contributed by atoms with van der Waals surface area (Å²) >= 11 is 0. The van der Waals surface area contributed by atoms with Gasteiger partial charge in [0.05, 0.1) is 0 Å². The number of hydrogen-bond acceptors (Lipinski definition) is 4.